The van der Waals surface area contributed by atoms with Gasteiger partial charge in [0, 0.05) is 5.66 Å². The van der Waals surface area contributed by atoms with Gasteiger partial charge in [-0.3, -0.25) is 4.79 Å². The second-order valence-electron chi connectivity index (χ2n) is 5.47. The zero-order valence-electron chi connectivity index (χ0n) is 14.0. The largest absolute Gasteiger partial charge is 0.455 e. The maximum Gasteiger partial charge on any atom is 0.150 e. The van der Waals surface area contributed by atoms with Crippen LogP contribution in [0.4, 0.5) is 5.69 Å². The van der Waals surface area contributed by atoms with Gasteiger partial charge >= 0.3 is 0 Å². The van der Waals surface area contributed by atoms with Crippen LogP contribution in [0, 0.1) is 6.92 Å². The Morgan fingerprint density at radius 2 is 2.04 bits per heavy atom. The Bertz CT molecular complexity index is 716. The maximum atomic E-state index is 10.6. The minimum absolute atomic E-state index is 0.276. The third kappa shape index (κ3) is 5.19. The van der Waals surface area contributed by atoms with E-state index in [1.54, 1.807) is 6.08 Å². The Balaban J connectivity index is 2.19. The molecule has 0 spiro atoms. The molecule has 0 saturated carbocycles. The predicted octanol–water partition coefficient (Wildman–Crippen LogP) is 3.85. The molecule has 0 bridgehead atoms. The quantitative estimate of drug-likeness (QED) is 0.331. The first-order valence-electron chi connectivity index (χ1n) is 7.80. The monoisotopic (exact) mass is 342 g/mol. The molecule has 126 valence electrons. The minimum atomic E-state index is 0.276. The molecule has 3 N–H and O–H groups in total. The van der Waals surface area contributed by atoms with Crippen molar-refractivity contribution in [2.75, 3.05) is 12.8 Å². The zero-order valence-corrected chi connectivity index (χ0v) is 15.0. The van der Waals surface area contributed by atoms with Gasteiger partial charge < -0.3 is 15.6 Å². The van der Waals surface area contributed by atoms with Crippen LogP contribution in [0.1, 0.15) is 11.1 Å². The number of ether oxygens (including phenoxy) is 1. The van der Waals surface area contributed by atoms with Gasteiger partial charge in [-0.15, -0.1) is 0 Å². The number of carbonyl (C=O) groups is 1. The number of nitrogens with one attached hydrogen (secondary N) is 1. The lowest BCUT2D eigenvalue weighted by atomic mass is 10.1. The molecule has 0 aliphatic rings. The lowest BCUT2D eigenvalue weighted by molar-refractivity contribution is -0.104. The summed E-state index contributed by atoms with van der Waals surface area (Å²) in [6.07, 6.45) is 5.16. The lowest BCUT2D eigenvalue weighted by Gasteiger charge is -2.15. The number of rotatable bonds is 8. The maximum absolute atomic E-state index is 10.6. The summed E-state index contributed by atoms with van der Waals surface area (Å²) in [4.78, 5) is 10.6. The van der Waals surface area contributed by atoms with Gasteiger partial charge in [0.1, 0.15) is 17.8 Å². The molecule has 0 aliphatic carbocycles. The Morgan fingerprint density at radius 1 is 1.25 bits per heavy atom. The van der Waals surface area contributed by atoms with E-state index < -0.39 is 0 Å². The predicted molar refractivity (Wildman–Crippen MR) is 102 cm³/mol. The first-order chi connectivity index (χ1) is 11.6. The summed E-state index contributed by atoms with van der Waals surface area (Å²) < 4.78 is 5.99. The standard InChI is InChI=1S/C19H23N2O2P/c1-14-9-10-15(12-16(24-21-2)6-5-11-22)13-19(14)23-18-8-4-3-7-17(18)20/h3-11,13,16,21,24H,12,20H2,1-2H3/b6-5-. The van der Waals surface area contributed by atoms with Crippen LogP contribution in [0.15, 0.2) is 54.6 Å². The van der Waals surface area contributed by atoms with Gasteiger partial charge in [0.05, 0.1) is 5.69 Å². The second-order valence-corrected chi connectivity index (χ2v) is 7.00. The minimum Gasteiger partial charge on any atom is -0.455 e. The van der Waals surface area contributed by atoms with Gasteiger partial charge in [-0.1, -0.05) is 30.3 Å². The summed E-state index contributed by atoms with van der Waals surface area (Å²) in [6, 6.07) is 13.7. The van der Waals surface area contributed by atoms with Crippen molar-refractivity contribution in [1.82, 2.24) is 5.09 Å². The molecule has 4 nitrogen and oxygen atoms in total. The zero-order chi connectivity index (χ0) is 17.4. The number of aldehydes is 1. The lowest BCUT2D eigenvalue weighted by Crippen LogP contribution is -2.07. The number of nitrogens with two attached hydrogens (primary N) is 1. The SMILES string of the molecule is CNPC(/C=C\C=O)Cc1ccc(C)c(Oc2ccccc2N)c1. The molecule has 2 unspecified atom stereocenters. The van der Waals surface area contributed by atoms with Gasteiger partial charge in [0.2, 0.25) is 0 Å². The highest BCUT2D eigenvalue weighted by atomic mass is 31.1. The van der Waals surface area contributed by atoms with Crippen LogP contribution < -0.4 is 15.6 Å². The molecular weight excluding hydrogens is 319 g/mol. The van der Waals surface area contributed by atoms with E-state index in [0.717, 1.165) is 29.6 Å². The smallest absolute Gasteiger partial charge is 0.150 e. The van der Waals surface area contributed by atoms with Crippen LogP contribution in [0.2, 0.25) is 0 Å². The van der Waals surface area contributed by atoms with Crippen molar-refractivity contribution in [3.8, 4) is 11.5 Å². The van der Waals surface area contributed by atoms with E-state index in [1.165, 1.54) is 0 Å². The Labute approximate surface area is 144 Å². The van der Waals surface area contributed by atoms with Crippen LogP contribution >= 0.6 is 8.73 Å². The highest BCUT2D eigenvalue weighted by Gasteiger charge is 2.09. The second kappa shape index (κ2) is 9.21. The number of anilines is 1. The van der Waals surface area contributed by atoms with Gasteiger partial charge in [-0.05, 0) is 64.5 Å². The van der Waals surface area contributed by atoms with E-state index in [4.69, 9.17) is 10.5 Å². The number of para-hydroxylation sites is 2. The van der Waals surface area contributed by atoms with Crippen molar-refractivity contribution < 1.29 is 9.53 Å². The molecule has 2 rings (SSSR count). The van der Waals surface area contributed by atoms with E-state index in [2.05, 4.69) is 11.2 Å². The third-order valence-electron chi connectivity index (χ3n) is 3.60. The molecular formula is C19H23N2O2P. The van der Waals surface area contributed by atoms with Crippen molar-refractivity contribution in [3.63, 3.8) is 0 Å². The molecule has 5 heteroatoms. The fourth-order valence-corrected chi connectivity index (χ4v) is 3.28. The van der Waals surface area contributed by atoms with Crippen LogP contribution in [0.3, 0.4) is 0 Å². The molecule has 0 fully saturated rings. The number of nitrogen functional groups attached to an aromatic ring is 1. The highest BCUT2D eigenvalue weighted by molar-refractivity contribution is 7.36. The van der Waals surface area contributed by atoms with Crippen molar-refractivity contribution in [1.29, 1.82) is 0 Å². The molecule has 0 aliphatic heterocycles. The van der Waals surface area contributed by atoms with Crippen molar-refractivity contribution in [2.24, 2.45) is 0 Å². The molecule has 24 heavy (non-hydrogen) atoms. The van der Waals surface area contributed by atoms with E-state index in [9.17, 15) is 4.79 Å². The molecule has 0 heterocycles. The van der Waals surface area contributed by atoms with Crippen molar-refractivity contribution in [2.45, 2.75) is 19.0 Å². The van der Waals surface area contributed by atoms with E-state index in [-0.39, 0.29) is 5.66 Å². The summed E-state index contributed by atoms with van der Waals surface area (Å²) in [5.74, 6) is 1.46. The number of benzene rings is 2. The van der Waals surface area contributed by atoms with E-state index in [1.807, 2.05) is 56.4 Å². The molecule has 0 aromatic heterocycles. The average molecular weight is 342 g/mol. The van der Waals surface area contributed by atoms with E-state index >= 15 is 0 Å². The van der Waals surface area contributed by atoms with Crippen molar-refractivity contribution in [3.05, 3.63) is 65.7 Å². The average Bonchev–Trinajstić information content (AvgIpc) is 2.58. The fraction of sp³-hybridized carbons (Fsp3) is 0.211. The fourth-order valence-electron chi connectivity index (χ4n) is 2.36. The van der Waals surface area contributed by atoms with Crippen LogP contribution in [0.5, 0.6) is 11.5 Å². The Kier molecular flexibility index (Phi) is 6.98. The summed E-state index contributed by atoms with van der Waals surface area (Å²) in [6.45, 7) is 2.01. The first kappa shape index (κ1) is 18.2. The van der Waals surface area contributed by atoms with Gasteiger partial charge in [0.25, 0.3) is 0 Å². The molecule has 2 aromatic carbocycles. The van der Waals surface area contributed by atoms with Crippen LogP contribution in [-0.2, 0) is 11.2 Å². The number of allylic oxidation sites excluding steroid dienone is 2. The molecule has 0 amide bonds. The van der Waals surface area contributed by atoms with Gasteiger partial charge in [-0.25, -0.2) is 0 Å². The molecule has 0 radical (unpaired) electrons. The van der Waals surface area contributed by atoms with Gasteiger partial charge in [-0.2, -0.15) is 0 Å². The Hall–Kier alpha value is -2.16. The molecule has 0 saturated heterocycles. The third-order valence-corrected chi connectivity index (χ3v) is 4.65. The summed E-state index contributed by atoms with van der Waals surface area (Å²) in [5.41, 5.74) is 9.06. The van der Waals surface area contributed by atoms with E-state index in [0.29, 0.717) is 20.2 Å². The van der Waals surface area contributed by atoms with Crippen LogP contribution in [-0.4, -0.2) is 19.0 Å². The molecule has 2 atom stereocenters. The highest BCUT2D eigenvalue weighted by Crippen LogP contribution is 2.31. The number of carbonyl (C=O) groups excluding carboxylic acids is 1. The van der Waals surface area contributed by atoms with Crippen LogP contribution in [0.25, 0.3) is 0 Å². The summed E-state index contributed by atoms with van der Waals surface area (Å²) >= 11 is 0. The number of hydrogen-bond donors (Lipinski definition) is 2. The topological polar surface area (TPSA) is 64.3 Å². The number of hydrogen-bond acceptors (Lipinski definition) is 4. The molecule has 2 aromatic rings. The normalized spacial score (nSPS) is 12.8. The Morgan fingerprint density at radius 3 is 2.75 bits per heavy atom. The number of aryl methyl sites for hydroxylation is 1. The van der Waals surface area contributed by atoms with Crippen molar-refractivity contribution >= 4 is 20.7 Å². The summed E-state index contributed by atoms with van der Waals surface area (Å²) in [5, 5.41) is 3.18. The summed E-state index contributed by atoms with van der Waals surface area (Å²) in [7, 11) is 2.47. The van der Waals surface area contributed by atoms with Gasteiger partial charge in [0.15, 0.2) is 0 Å². The first-order valence-corrected chi connectivity index (χ1v) is 8.88.